The highest BCUT2D eigenvalue weighted by molar-refractivity contribution is 7.99. The molecule has 0 aromatic carbocycles. The minimum absolute atomic E-state index is 0.258. The lowest BCUT2D eigenvalue weighted by Crippen LogP contribution is -2.40. The van der Waals surface area contributed by atoms with Crippen LogP contribution in [0, 0.1) is 12.3 Å². The fraction of sp³-hybridized carbons (Fsp3) is 0.818. The van der Waals surface area contributed by atoms with Crippen LogP contribution in [0.5, 0.6) is 0 Å². The maximum atomic E-state index is 5.37. The Labute approximate surface area is 91.8 Å². The Bertz CT molecular complexity index is 182. The molecule has 0 aliphatic carbocycles. The molecule has 0 saturated carbocycles. The molecule has 1 N–H and O–H groups in total. The van der Waals surface area contributed by atoms with E-state index in [-0.39, 0.29) is 6.04 Å². The van der Waals surface area contributed by atoms with E-state index in [0.717, 1.165) is 19.5 Å². The van der Waals surface area contributed by atoms with Crippen LogP contribution in [0.3, 0.4) is 0 Å². The Morgan fingerprint density at radius 2 is 2.21 bits per heavy atom. The first-order chi connectivity index (χ1) is 6.86. The number of rotatable bonds is 5. The monoisotopic (exact) mass is 212 g/mol. The summed E-state index contributed by atoms with van der Waals surface area (Å²) in [5.41, 5.74) is 0. The molecular weight excluding hydrogens is 192 g/mol. The Morgan fingerprint density at radius 1 is 1.50 bits per heavy atom. The van der Waals surface area contributed by atoms with Crippen molar-refractivity contribution in [3.63, 3.8) is 0 Å². The van der Waals surface area contributed by atoms with Gasteiger partial charge < -0.3 is 10.2 Å². The Hall–Kier alpha value is -0.170. The van der Waals surface area contributed by atoms with Crippen LogP contribution in [0.2, 0.25) is 0 Å². The molecule has 1 heterocycles. The van der Waals surface area contributed by atoms with Crippen molar-refractivity contribution in [1.82, 2.24) is 10.2 Å². The molecule has 0 amide bonds. The summed E-state index contributed by atoms with van der Waals surface area (Å²) in [6.07, 6.45) is 6.39. The number of hydrogen-bond acceptors (Lipinski definition) is 3. The van der Waals surface area contributed by atoms with Crippen molar-refractivity contribution in [2.45, 2.75) is 19.4 Å². The molecular formula is C11H20N2S. The van der Waals surface area contributed by atoms with Crippen LogP contribution in [0.15, 0.2) is 0 Å². The first-order valence-electron chi connectivity index (χ1n) is 5.36. The van der Waals surface area contributed by atoms with E-state index in [0.29, 0.717) is 0 Å². The lowest BCUT2D eigenvalue weighted by Gasteiger charge is -2.26. The average Bonchev–Trinajstić information content (AvgIpc) is 2.26. The molecule has 80 valence electrons. The van der Waals surface area contributed by atoms with Gasteiger partial charge in [0, 0.05) is 37.7 Å². The fourth-order valence-electron chi connectivity index (χ4n) is 1.54. The second kappa shape index (κ2) is 7.17. The summed E-state index contributed by atoms with van der Waals surface area (Å²) < 4.78 is 0. The normalized spacial score (nSPS) is 20.3. The molecule has 0 aromatic heterocycles. The molecule has 0 aromatic rings. The van der Waals surface area contributed by atoms with Crippen LogP contribution in [0.1, 0.15) is 13.3 Å². The predicted octanol–water partition coefficient (Wildman–Crippen LogP) is 1.04. The number of nitrogens with one attached hydrogen (secondary N) is 1. The van der Waals surface area contributed by atoms with Crippen molar-refractivity contribution in [1.29, 1.82) is 0 Å². The number of hydrogen-bond donors (Lipinski definition) is 1. The van der Waals surface area contributed by atoms with Crippen molar-refractivity contribution < 1.29 is 0 Å². The fourth-order valence-corrected chi connectivity index (χ4v) is 2.52. The van der Waals surface area contributed by atoms with Gasteiger partial charge in [0.1, 0.15) is 0 Å². The summed E-state index contributed by atoms with van der Waals surface area (Å²) in [6, 6.07) is 0.258. The highest BCUT2D eigenvalue weighted by atomic mass is 32.2. The van der Waals surface area contributed by atoms with Gasteiger partial charge in [0.05, 0.1) is 6.04 Å². The Balaban J connectivity index is 2.05. The molecule has 1 aliphatic rings. The molecule has 2 nitrogen and oxygen atoms in total. The van der Waals surface area contributed by atoms with Crippen molar-refractivity contribution >= 4 is 11.8 Å². The van der Waals surface area contributed by atoms with Crippen LogP contribution in [0.25, 0.3) is 0 Å². The summed E-state index contributed by atoms with van der Waals surface area (Å²) in [5.74, 6) is 5.32. The summed E-state index contributed by atoms with van der Waals surface area (Å²) in [6.45, 7) is 6.75. The minimum Gasteiger partial charge on any atom is -0.302 e. The average molecular weight is 212 g/mol. The zero-order valence-electron chi connectivity index (χ0n) is 8.96. The molecule has 1 unspecified atom stereocenters. The van der Waals surface area contributed by atoms with Crippen molar-refractivity contribution in [3.8, 4) is 12.3 Å². The van der Waals surface area contributed by atoms with Crippen LogP contribution in [-0.2, 0) is 0 Å². The third kappa shape index (κ3) is 4.36. The first kappa shape index (κ1) is 11.9. The molecule has 0 bridgehead atoms. The third-order valence-corrected chi connectivity index (χ3v) is 3.47. The molecule has 0 radical (unpaired) electrons. The van der Waals surface area contributed by atoms with E-state index in [4.69, 9.17) is 6.42 Å². The van der Waals surface area contributed by atoms with Gasteiger partial charge >= 0.3 is 0 Å². The van der Waals surface area contributed by atoms with Crippen molar-refractivity contribution in [3.05, 3.63) is 0 Å². The van der Waals surface area contributed by atoms with E-state index >= 15 is 0 Å². The summed E-state index contributed by atoms with van der Waals surface area (Å²) >= 11 is 2.05. The third-order valence-electron chi connectivity index (χ3n) is 2.53. The highest BCUT2D eigenvalue weighted by Gasteiger charge is 2.09. The molecule has 1 atom stereocenters. The predicted molar refractivity (Wildman–Crippen MR) is 64.7 cm³/mol. The van der Waals surface area contributed by atoms with Crippen LogP contribution in [0.4, 0.5) is 0 Å². The van der Waals surface area contributed by atoms with E-state index in [2.05, 4.69) is 34.8 Å². The molecule has 1 saturated heterocycles. The first-order valence-corrected chi connectivity index (χ1v) is 6.52. The molecule has 1 fully saturated rings. The SMILES string of the molecule is C#CC(CC)NCCN1CCSCC1. The standard InChI is InChI=1S/C11H20N2S/c1-3-11(4-2)12-5-6-13-7-9-14-10-8-13/h1,11-12H,4-10H2,2H3. The van der Waals surface area contributed by atoms with E-state index in [9.17, 15) is 0 Å². The quantitative estimate of drug-likeness (QED) is 0.686. The van der Waals surface area contributed by atoms with Crippen LogP contribution < -0.4 is 5.32 Å². The number of nitrogens with zero attached hydrogens (tertiary/aromatic N) is 1. The van der Waals surface area contributed by atoms with Gasteiger partial charge in [-0.05, 0) is 6.42 Å². The van der Waals surface area contributed by atoms with Gasteiger partial charge in [-0.2, -0.15) is 11.8 Å². The smallest absolute Gasteiger partial charge is 0.0684 e. The topological polar surface area (TPSA) is 15.3 Å². The maximum absolute atomic E-state index is 5.37. The van der Waals surface area contributed by atoms with Crippen molar-refractivity contribution in [2.24, 2.45) is 0 Å². The van der Waals surface area contributed by atoms with Gasteiger partial charge in [-0.25, -0.2) is 0 Å². The van der Waals surface area contributed by atoms with Gasteiger partial charge in [0.25, 0.3) is 0 Å². The largest absolute Gasteiger partial charge is 0.302 e. The molecule has 1 aliphatic heterocycles. The summed E-state index contributed by atoms with van der Waals surface area (Å²) in [5, 5.41) is 3.38. The van der Waals surface area contributed by atoms with Gasteiger partial charge in [-0.15, -0.1) is 6.42 Å². The van der Waals surface area contributed by atoms with Crippen molar-refractivity contribution in [2.75, 3.05) is 37.7 Å². The lowest BCUT2D eigenvalue weighted by molar-refractivity contribution is 0.298. The minimum atomic E-state index is 0.258. The maximum Gasteiger partial charge on any atom is 0.0684 e. The van der Waals surface area contributed by atoms with E-state index in [1.54, 1.807) is 0 Å². The van der Waals surface area contributed by atoms with Crippen LogP contribution >= 0.6 is 11.8 Å². The van der Waals surface area contributed by atoms with Gasteiger partial charge in [-0.1, -0.05) is 12.8 Å². The Morgan fingerprint density at radius 3 is 2.79 bits per heavy atom. The summed E-state index contributed by atoms with van der Waals surface area (Å²) in [4.78, 5) is 2.51. The van der Waals surface area contributed by atoms with E-state index in [1.807, 2.05) is 0 Å². The zero-order chi connectivity index (χ0) is 10.2. The molecule has 3 heteroatoms. The highest BCUT2D eigenvalue weighted by Crippen LogP contribution is 2.07. The lowest BCUT2D eigenvalue weighted by atomic mass is 10.2. The van der Waals surface area contributed by atoms with Crippen LogP contribution in [-0.4, -0.2) is 48.6 Å². The number of terminal acetylenes is 1. The van der Waals surface area contributed by atoms with E-state index < -0.39 is 0 Å². The van der Waals surface area contributed by atoms with Gasteiger partial charge in [0.2, 0.25) is 0 Å². The molecule has 14 heavy (non-hydrogen) atoms. The Kier molecular flexibility index (Phi) is 6.09. The van der Waals surface area contributed by atoms with Gasteiger partial charge in [0.15, 0.2) is 0 Å². The van der Waals surface area contributed by atoms with Gasteiger partial charge in [-0.3, -0.25) is 0 Å². The molecule has 0 spiro atoms. The second-order valence-electron chi connectivity index (χ2n) is 3.54. The summed E-state index contributed by atoms with van der Waals surface area (Å²) in [7, 11) is 0. The second-order valence-corrected chi connectivity index (χ2v) is 4.76. The zero-order valence-corrected chi connectivity index (χ0v) is 9.78. The number of thioether (sulfide) groups is 1. The molecule has 1 rings (SSSR count). The van der Waals surface area contributed by atoms with E-state index in [1.165, 1.54) is 24.6 Å².